The highest BCUT2D eigenvalue weighted by atomic mass is 16.1. The van der Waals surface area contributed by atoms with Crippen molar-refractivity contribution in [3.05, 3.63) is 41.9 Å². The van der Waals surface area contributed by atoms with Crippen molar-refractivity contribution in [3.8, 4) is 0 Å². The van der Waals surface area contributed by atoms with E-state index in [0.717, 1.165) is 23.1 Å². The van der Waals surface area contributed by atoms with E-state index in [4.69, 9.17) is 0 Å². The van der Waals surface area contributed by atoms with Crippen LogP contribution < -0.4 is 5.32 Å². The van der Waals surface area contributed by atoms with Crippen LogP contribution in [0.15, 0.2) is 30.5 Å². The van der Waals surface area contributed by atoms with Crippen LogP contribution in [0.25, 0.3) is 10.9 Å². The number of amides is 1. The molecule has 6 nitrogen and oxygen atoms in total. The first kappa shape index (κ1) is 14.3. The molecule has 0 unspecified atom stereocenters. The number of carbonyl (C=O) groups is 1. The molecule has 2 N–H and O–H groups in total. The van der Waals surface area contributed by atoms with Gasteiger partial charge < -0.3 is 4.57 Å². The Morgan fingerprint density at radius 3 is 2.95 bits per heavy atom. The van der Waals surface area contributed by atoms with Crippen molar-refractivity contribution in [2.75, 3.05) is 5.32 Å². The zero-order valence-corrected chi connectivity index (χ0v) is 12.9. The largest absolute Gasteiger partial charge is 0.351 e. The van der Waals surface area contributed by atoms with Crippen LogP contribution in [-0.2, 0) is 13.5 Å². The standard InChI is InChI=1S/C16H19N5O/c1-10(2)9-14-17-16(20-19-14)18-15(22)12-5-4-6-13-11(12)7-8-21(13)3/h4-8,10H,9H2,1-3H3,(H2,17,18,19,20,22). The number of hydrogen-bond donors (Lipinski definition) is 2. The van der Waals surface area contributed by atoms with Crippen molar-refractivity contribution < 1.29 is 4.79 Å². The van der Waals surface area contributed by atoms with Gasteiger partial charge in [-0.2, -0.15) is 4.98 Å². The van der Waals surface area contributed by atoms with Crippen LogP contribution in [0.5, 0.6) is 0 Å². The first-order chi connectivity index (χ1) is 10.5. The number of carbonyl (C=O) groups excluding carboxylic acids is 1. The summed E-state index contributed by atoms with van der Waals surface area (Å²) in [5, 5.41) is 10.6. The van der Waals surface area contributed by atoms with Crippen molar-refractivity contribution >= 4 is 22.8 Å². The average molecular weight is 297 g/mol. The van der Waals surface area contributed by atoms with E-state index in [1.54, 1.807) is 6.07 Å². The van der Waals surface area contributed by atoms with Crippen LogP contribution in [0.2, 0.25) is 0 Å². The Labute approximate surface area is 128 Å². The Balaban J connectivity index is 1.83. The number of nitrogens with one attached hydrogen (secondary N) is 2. The molecule has 0 fully saturated rings. The lowest BCUT2D eigenvalue weighted by Gasteiger charge is -2.04. The molecule has 0 atom stereocenters. The molecular formula is C16H19N5O. The highest BCUT2D eigenvalue weighted by molar-refractivity contribution is 6.12. The highest BCUT2D eigenvalue weighted by Crippen LogP contribution is 2.20. The number of aryl methyl sites for hydroxylation is 1. The molecule has 0 bridgehead atoms. The van der Waals surface area contributed by atoms with Crippen LogP contribution >= 0.6 is 0 Å². The second kappa shape index (κ2) is 5.63. The number of hydrogen-bond acceptors (Lipinski definition) is 3. The van der Waals surface area contributed by atoms with Crippen LogP contribution in [0.4, 0.5) is 5.95 Å². The smallest absolute Gasteiger partial charge is 0.258 e. The van der Waals surface area contributed by atoms with Crippen molar-refractivity contribution in [2.45, 2.75) is 20.3 Å². The molecule has 0 spiro atoms. The van der Waals surface area contributed by atoms with Crippen LogP contribution in [-0.4, -0.2) is 25.7 Å². The number of benzene rings is 1. The van der Waals surface area contributed by atoms with Gasteiger partial charge in [0.2, 0.25) is 5.95 Å². The van der Waals surface area contributed by atoms with Crippen molar-refractivity contribution in [3.63, 3.8) is 0 Å². The predicted octanol–water partition coefficient (Wildman–Crippen LogP) is 2.75. The van der Waals surface area contributed by atoms with Crippen LogP contribution in [0.3, 0.4) is 0 Å². The van der Waals surface area contributed by atoms with E-state index in [1.807, 2.05) is 36.0 Å². The zero-order valence-electron chi connectivity index (χ0n) is 12.9. The summed E-state index contributed by atoms with van der Waals surface area (Å²) in [5.74, 6) is 1.37. The first-order valence-corrected chi connectivity index (χ1v) is 7.31. The van der Waals surface area contributed by atoms with E-state index in [9.17, 15) is 4.79 Å². The lowest BCUT2D eigenvalue weighted by molar-refractivity contribution is 0.102. The quantitative estimate of drug-likeness (QED) is 0.777. The third kappa shape index (κ3) is 2.72. The SMILES string of the molecule is CC(C)Cc1nc(NC(=O)c2cccc3c2ccn3C)n[nH]1. The van der Waals surface area contributed by atoms with Gasteiger partial charge in [0.25, 0.3) is 5.91 Å². The van der Waals surface area contributed by atoms with Gasteiger partial charge in [-0.1, -0.05) is 19.9 Å². The van der Waals surface area contributed by atoms with Gasteiger partial charge in [0.05, 0.1) is 0 Å². The fourth-order valence-electron chi connectivity index (χ4n) is 2.50. The summed E-state index contributed by atoms with van der Waals surface area (Å²) in [7, 11) is 1.96. The van der Waals surface area contributed by atoms with E-state index in [1.165, 1.54) is 0 Å². The minimum absolute atomic E-state index is 0.202. The maximum absolute atomic E-state index is 12.5. The molecule has 3 aromatic rings. The van der Waals surface area contributed by atoms with Crippen molar-refractivity contribution in [1.29, 1.82) is 0 Å². The molecule has 0 radical (unpaired) electrons. The Bertz CT molecular complexity index is 815. The number of fused-ring (bicyclic) bond motifs is 1. The molecule has 0 aliphatic heterocycles. The minimum Gasteiger partial charge on any atom is -0.351 e. The Morgan fingerprint density at radius 1 is 1.36 bits per heavy atom. The topological polar surface area (TPSA) is 75.6 Å². The molecule has 114 valence electrons. The Morgan fingerprint density at radius 2 is 2.18 bits per heavy atom. The van der Waals surface area contributed by atoms with Gasteiger partial charge in [-0.15, -0.1) is 5.10 Å². The fraction of sp³-hybridized carbons (Fsp3) is 0.312. The number of anilines is 1. The third-order valence-electron chi connectivity index (χ3n) is 3.53. The summed E-state index contributed by atoms with van der Waals surface area (Å²) in [6.45, 7) is 4.22. The van der Waals surface area contributed by atoms with Crippen LogP contribution in [0.1, 0.15) is 30.0 Å². The van der Waals surface area contributed by atoms with E-state index >= 15 is 0 Å². The predicted molar refractivity (Wildman–Crippen MR) is 85.8 cm³/mol. The summed E-state index contributed by atoms with van der Waals surface area (Å²) < 4.78 is 1.99. The second-order valence-corrected chi connectivity index (χ2v) is 5.82. The molecule has 0 saturated carbocycles. The first-order valence-electron chi connectivity index (χ1n) is 7.31. The van der Waals surface area contributed by atoms with E-state index in [-0.39, 0.29) is 5.91 Å². The summed E-state index contributed by atoms with van der Waals surface area (Å²) in [5.41, 5.74) is 1.64. The molecule has 0 aliphatic rings. The van der Waals surface area contributed by atoms with Gasteiger partial charge >= 0.3 is 0 Å². The maximum Gasteiger partial charge on any atom is 0.258 e. The van der Waals surface area contributed by atoms with Crippen molar-refractivity contribution in [1.82, 2.24) is 19.7 Å². The minimum atomic E-state index is -0.202. The summed E-state index contributed by atoms with van der Waals surface area (Å²) in [4.78, 5) is 16.8. The van der Waals surface area contributed by atoms with E-state index in [2.05, 4.69) is 34.3 Å². The monoisotopic (exact) mass is 297 g/mol. The number of nitrogens with zero attached hydrogens (tertiary/aromatic N) is 3. The number of aromatic amines is 1. The van der Waals surface area contributed by atoms with Crippen LogP contribution in [0, 0.1) is 5.92 Å². The number of rotatable bonds is 4. The molecule has 1 aromatic carbocycles. The second-order valence-electron chi connectivity index (χ2n) is 5.82. The molecule has 3 rings (SSSR count). The van der Waals surface area contributed by atoms with Crippen molar-refractivity contribution in [2.24, 2.45) is 13.0 Å². The van der Waals surface area contributed by atoms with E-state index < -0.39 is 0 Å². The normalized spacial score (nSPS) is 11.3. The van der Waals surface area contributed by atoms with E-state index in [0.29, 0.717) is 17.4 Å². The number of aromatic nitrogens is 4. The van der Waals surface area contributed by atoms with Gasteiger partial charge in [0.1, 0.15) is 5.82 Å². The molecule has 2 aromatic heterocycles. The molecule has 6 heteroatoms. The summed E-state index contributed by atoms with van der Waals surface area (Å²) in [6.07, 6.45) is 2.74. The Hall–Kier alpha value is -2.63. The maximum atomic E-state index is 12.5. The van der Waals surface area contributed by atoms with Gasteiger partial charge in [0, 0.05) is 36.1 Å². The molecule has 1 amide bonds. The lowest BCUT2D eigenvalue weighted by atomic mass is 10.1. The van der Waals surface area contributed by atoms with Gasteiger partial charge in [0.15, 0.2) is 0 Å². The third-order valence-corrected chi connectivity index (χ3v) is 3.53. The number of H-pyrrole nitrogens is 1. The van der Waals surface area contributed by atoms with Gasteiger partial charge in [-0.3, -0.25) is 15.2 Å². The molecule has 2 heterocycles. The van der Waals surface area contributed by atoms with Gasteiger partial charge in [-0.25, -0.2) is 0 Å². The highest BCUT2D eigenvalue weighted by Gasteiger charge is 2.14. The zero-order chi connectivity index (χ0) is 15.7. The summed E-state index contributed by atoms with van der Waals surface area (Å²) in [6, 6.07) is 7.60. The Kier molecular flexibility index (Phi) is 3.66. The van der Waals surface area contributed by atoms with Gasteiger partial charge in [-0.05, 0) is 24.1 Å². The molecular weight excluding hydrogens is 278 g/mol. The molecule has 0 saturated heterocycles. The molecule has 0 aliphatic carbocycles. The average Bonchev–Trinajstić information content (AvgIpc) is 3.05. The fourth-order valence-corrected chi connectivity index (χ4v) is 2.50. The molecule has 22 heavy (non-hydrogen) atoms. The summed E-state index contributed by atoms with van der Waals surface area (Å²) >= 11 is 0. The lowest BCUT2D eigenvalue weighted by Crippen LogP contribution is -2.13.